The van der Waals surface area contributed by atoms with Crippen LogP contribution in [0.3, 0.4) is 0 Å². The Bertz CT molecular complexity index is 611. The van der Waals surface area contributed by atoms with Crippen LogP contribution in [0.25, 0.3) is 11.4 Å². The van der Waals surface area contributed by atoms with E-state index in [9.17, 15) is 0 Å². The summed E-state index contributed by atoms with van der Waals surface area (Å²) in [7, 11) is 1.91. The highest BCUT2D eigenvalue weighted by Crippen LogP contribution is 2.26. The highest BCUT2D eigenvalue weighted by molar-refractivity contribution is 9.10. The van der Waals surface area contributed by atoms with Gasteiger partial charge in [-0.25, -0.2) is 4.98 Å². The van der Waals surface area contributed by atoms with Crippen LogP contribution in [0, 0.1) is 11.3 Å². The number of benzene rings is 1. The summed E-state index contributed by atoms with van der Waals surface area (Å²) in [6, 6.07) is 9.93. The first kappa shape index (κ1) is 13.6. The van der Waals surface area contributed by atoms with Gasteiger partial charge in [0.25, 0.3) is 0 Å². The first-order valence-corrected chi connectivity index (χ1v) is 6.78. The Balaban J connectivity index is 2.37. The molecule has 0 saturated heterocycles. The Labute approximate surface area is 120 Å². The molecule has 2 rings (SSSR count). The van der Waals surface area contributed by atoms with Gasteiger partial charge < -0.3 is 9.30 Å². The molecule has 0 aliphatic rings. The Morgan fingerprint density at radius 2 is 2.05 bits per heavy atom. The van der Waals surface area contributed by atoms with Crippen molar-refractivity contribution in [2.75, 3.05) is 6.61 Å². The van der Waals surface area contributed by atoms with E-state index in [4.69, 9.17) is 10.00 Å². The maximum Gasteiger partial charge on any atom is 0.141 e. The summed E-state index contributed by atoms with van der Waals surface area (Å²) in [5, 5.41) is 8.82. The first-order chi connectivity index (χ1) is 9.17. The summed E-state index contributed by atoms with van der Waals surface area (Å²) in [4.78, 5) is 4.46. The van der Waals surface area contributed by atoms with E-state index in [0.717, 1.165) is 27.4 Å². The molecule has 0 bridgehead atoms. The zero-order chi connectivity index (χ0) is 13.8. The van der Waals surface area contributed by atoms with Crippen molar-refractivity contribution in [1.82, 2.24) is 9.55 Å². The summed E-state index contributed by atoms with van der Waals surface area (Å²) >= 11 is 3.40. The van der Waals surface area contributed by atoms with Crippen LogP contribution < -0.4 is 4.74 Å². The van der Waals surface area contributed by atoms with Crippen molar-refractivity contribution in [3.8, 4) is 23.2 Å². The zero-order valence-electron chi connectivity index (χ0n) is 10.9. The second kappa shape index (κ2) is 5.89. The van der Waals surface area contributed by atoms with Crippen molar-refractivity contribution in [1.29, 1.82) is 5.26 Å². The monoisotopic (exact) mass is 319 g/mol. The molecule has 98 valence electrons. The highest BCUT2D eigenvalue weighted by atomic mass is 79.9. The molecule has 1 aromatic heterocycles. The van der Waals surface area contributed by atoms with Crippen LogP contribution in [-0.4, -0.2) is 16.2 Å². The van der Waals surface area contributed by atoms with Crippen molar-refractivity contribution in [2.24, 2.45) is 7.05 Å². The molecule has 0 amide bonds. The van der Waals surface area contributed by atoms with Crippen molar-refractivity contribution in [3.05, 3.63) is 34.6 Å². The minimum atomic E-state index is 0.334. The van der Waals surface area contributed by atoms with Gasteiger partial charge in [0.15, 0.2) is 0 Å². The topological polar surface area (TPSA) is 50.8 Å². The molecule has 5 heteroatoms. The van der Waals surface area contributed by atoms with Gasteiger partial charge in [0.2, 0.25) is 0 Å². The molecule has 0 unspecified atom stereocenters. The molecule has 0 radical (unpaired) electrons. The molecule has 1 aromatic carbocycles. The number of rotatable bonds is 4. The third kappa shape index (κ3) is 2.79. The van der Waals surface area contributed by atoms with E-state index >= 15 is 0 Å². The molecule has 0 spiro atoms. The van der Waals surface area contributed by atoms with Gasteiger partial charge in [0, 0.05) is 12.6 Å². The fourth-order valence-corrected chi connectivity index (χ4v) is 2.46. The van der Waals surface area contributed by atoms with E-state index in [-0.39, 0.29) is 0 Å². The van der Waals surface area contributed by atoms with E-state index in [0.29, 0.717) is 13.0 Å². The molecule has 4 nitrogen and oxygen atoms in total. The van der Waals surface area contributed by atoms with Gasteiger partial charge in [-0.2, -0.15) is 5.26 Å². The van der Waals surface area contributed by atoms with Gasteiger partial charge in [-0.05, 0) is 47.1 Å². The Morgan fingerprint density at radius 3 is 2.63 bits per heavy atom. The van der Waals surface area contributed by atoms with Crippen molar-refractivity contribution >= 4 is 15.9 Å². The Morgan fingerprint density at radius 1 is 1.37 bits per heavy atom. The maximum atomic E-state index is 8.82. The lowest BCUT2D eigenvalue weighted by Gasteiger charge is -2.06. The van der Waals surface area contributed by atoms with Crippen molar-refractivity contribution in [2.45, 2.75) is 13.3 Å². The average molecular weight is 320 g/mol. The smallest absolute Gasteiger partial charge is 0.141 e. The van der Waals surface area contributed by atoms with Gasteiger partial charge in [-0.3, -0.25) is 0 Å². The van der Waals surface area contributed by atoms with E-state index in [2.05, 4.69) is 27.0 Å². The van der Waals surface area contributed by atoms with Crippen LogP contribution in [-0.2, 0) is 13.5 Å². The van der Waals surface area contributed by atoms with Gasteiger partial charge in [-0.15, -0.1) is 0 Å². The lowest BCUT2D eigenvalue weighted by molar-refractivity contribution is 0.340. The number of nitriles is 1. The predicted octanol–water partition coefficient (Wildman–Crippen LogP) is 3.31. The molecule has 0 atom stereocenters. The van der Waals surface area contributed by atoms with Crippen LogP contribution in [0.15, 0.2) is 28.9 Å². The second-order valence-electron chi connectivity index (χ2n) is 4.02. The summed E-state index contributed by atoms with van der Waals surface area (Å²) < 4.78 is 8.07. The maximum absolute atomic E-state index is 8.82. The zero-order valence-corrected chi connectivity index (χ0v) is 12.4. The van der Waals surface area contributed by atoms with E-state index in [1.54, 1.807) is 0 Å². The first-order valence-electron chi connectivity index (χ1n) is 5.98. The van der Waals surface area contributed by atoms with E-state index < -0.39 is 0 Å². The third-order valence-corrected chi connectivity index (χ3v) is 3.47. The normalized spacial score (nSPS) is 10.2. The molecular weight excluding hydrogens is 306 g/mol. The van der Waals surface area contributed by atoms with Crippen LogP contribution in [0.5, 0.6) is 5.75 Å². The minimum Gasteiger partial charge on any atom is -0.494 e. The molecule has 0 aliphatic heterocycles. The fourth-order valence-electron chi connectivity index (χ4n) is 1.89. The Kier molecular flexibility index (Phi) is 4.23. The molecular formula is C14H14BrN3O. The van der Waals surface area contributed by atoms with E-state index in [1.165, 1.54) is 0 Å². The molecule has 0 saturated carbocycles. The van der Waals surface area contributed by atoms with Crippen LogP contribution in [0.2, 0.25) is 0 Å². The summed E-state index contributed by atoms with van der Waals surface area (Å²) in [6.45, 7) is 2.61. The lowest BCUT2D eigenvalue weighted by atomic mass is 10.2. The SMILES string of the molecule is CCOc1ccc(-c2nc(Br)c(CC#N)n2C)cc1. The van der Waals surface area contributed by atoms with Gasteiger partial charge in [0.1, 0.15) is 16.2 Å². The Hall–Kier alpha value is -1.80. The standard InChI is InChI=1S/C14H14BrN3O/c1-3-19-11-6-4-10(5-7-11)14-17-13(15)12(8-9-16)18(14)2/h4-7H,3,8H2,1-2H3. The number of hydrogen-bond acceptors (Lipinski definition) is 3. The second-order valence-corrected chi connectivity index (χ2v) is 4.78. The minimum absolute atomic E-state index is 0.334. The van der Waals surface area contributed by atoms with Crippen LogP contribution in [0.4, 0.5) is 0 Å². The van der Waals surface area contributed by atoms with Crippen molar-refractivity contribution < 1.29 is 4.74 Å². The number of halogens is 1. The van der Waals surface area contributed by atoms with Gasteiger partial charge >= 0.3 is 0 Å². The molecule has 0 aliphatic carbocycles. The molecule has 2 aromatic rings. The molecule has 19 heavy (non-hydrogen) atoms. The van der Waals surface area contributed by atoms with Crippen LogP contribution in [0.1, 0.15) is 12.6 Å². The number of hydrogen-bond donors (Lipinski definition) is 0. The molecule has 0 fully saturated rings. The van der Waals surface area contributed by atoms with Crippen LogP contribution >= 0.6 is 15.9 Å². The average Bonchev–Trinajstić information content (AvgIpc) is 2.69. The predicted molar refractivity (Wildman–Crippen MR) is 76.8 cm³/mol. The number of imidazole rings is 1. The third-order valence-electron chi connectivity index (χ3n) is 2.83. The summed E-state index contributed by atoms with van der Waals surface area (Å²) in [5.74, 6) is 1.68. The van der Waals surface area contributed by atoms with E-state index in [1.807, 2.05) is 42.8 Å². The molecule has 1 heterocycles. The lowest BCUT2D eigenvalue weighted by Crippen LogP contribution is -1.98. The highest BCUT2D eigenvalue weighted by Gasteiger charge is 2.13. The number of ether oxygens (including phenoxy) is 1. The quantitative estimate of drug-likeness (QED) is 0.868. The number of aromatic nitrogens is 2. The van der Waals surface area contributed by atoms with Gasteiger partial charge in [-0.1, -0.05) is 0 Å². The van der Waals surface area contributed by atoms with Gasteiger partial charge in [0.05, 0.1) is 24.8 Å². The number of nitrogens with zero attached hydrogens (tertiary/aromatic N) is 3. The molecule has 0 N–H and O–H groups in total. The fraction of sp³-hybridized carbons (Fsp3) is 0.286. The largest absolute Gasteiger partial charge is 0.494 e. The summed E-state index contributed by atoms with van der Waals surface area (Å²) in [5.41, 5.74) is 1.88. The summed E-state index contributed by atoms with van der Waals surface area (Å²) in [6.07, 6.45) is 0.334. The van der Waals surface area contributed by atoms with Crippen molar-refractivity contribution in [3.63, 3.8) is 0 Å².